The summed E-state index contributed by atoms with van der Waals surface area (Å²) >= 11 is 0. The van der Waals surface area contributed by atoms with Crippen molar-refractivity contribution in [2.24, 2.45) is 5.92 Å². The molecular weight excluding hydrogens is 278 g/mol. The van der Waals surface area contributed by atoms with Crippen molar-refractivity contribution in [2.45, 2.75) is 27.2 Å². The van der Waals surface area contributed by atoms with Crippen LogP contribution in [0.1, 0.15) is 27.2 Å². The minimum Gasteiger partial charge on any atom is -0.462 e. The van der Waals surface area contributed by atoms with Gasteiger partial charge in [0.2, 0.25) is 0 Å². The van der Waals surface area contributed by atoms with Crippen molar-refractivity contribution in [1.29, 1.82) is 0 Å². The van der Waals surface area contributed by atoms with E-state index < -0.39 is 12.1 Å². The molecule has 0 aliphatic rings. The molecule has 21 heavy (non-hydrogen) atoms. The van der Waals surface area contributed by atoms with Crippen molar-refractivity contribution in [3.8, 4) is 0 Å². The highest BCUT2D eigenvalue weighted by atomic mass is 16.6. The van der Waals surface area contributed by atoms with Gasteiger partial charge in [0.05, 0.1) is 12.5 Å². The molecule has 1 amide bonds. The topological polar surface area (TPSA) is 90.9 Å². The summed E-state index contributed by atoms with van der Waals surface area (Å²) in [5.74, 6) is -0.989. The van der Waals surface area contributed by atoms with Gasteiger partial charge in [-0.15, -0.1) is 0 Å². The van der Waals surface area contributed by atoms with Gasteiger partial charge in [-0.3, -0.25) is 4.79 Å². The minimum absolute atomic E-state index is 0.0151. The number of rotatable bonds is 9. The molecule has 0 saturated carbocycles. The Morgan fingerprint density at radius 3 is 2.29 bits per heavy atom. The second-order valence-corrected chi connectivity index (χ2v) is 4.46. The second kappa shape index (κ2) is 10.7. The fraction of sp³-hybridized carbons (Fsp3) is 0.643. The fourth-order valence-electron chi connectivity index (χ4n) is 1.06. The first-order valence-corrected chi connectivity index (χ1v) is 6.78. The molecule has 0 spiro atoms. The van der Waals surface area contributed by atoms with E-state index in [1.165, 1.54) is 6.92 Å². The zero-order chi connectivity index (χ0) is 16.3. The van der Waals surface area contributed by atoms with Crippen molar-refractivity contribution >= 4 is 18.0 Å². The number of hydrogen-bond donors (Lipinski definition) is 1. The Hall–Kier alpha value is -2.05. The molecule has 0 aliphatic carbocycles. The van der Waals surface area contributed by atoms with Crippen LogP contribution in [0.4, 0.5) is 4.79 Å². The number of carbonyl (C=O) groups is 3. The highest BCUT2D eigenvalue weighted by Crippen LogP contribution is 2.02. The highest BCUT2D eigenvalue weighted by Gasteiger charge is 2.11. The first kappa shape index (κ1) is 18.9. The number of nitrogens with one attached hydrogen (secondary N) is 1. The van der Waals surface area contributed by atoms with Crippen LogP contribution >= 0.6 is 0 Å². The van der Waals surface area contributed by atoms with E-state index in [-0.39, 0.29) is 38.3 Å². The third kappa shape index (κ3) is 9.48. The molecule has 0 aromatic rings. The molecule has 0 bridgehead atoms. The summed E-state index contributed by atoms with van der Waals surface area (Å²) in [6.45, 7) is 8.76. The Balaban J connectivity index is 3.57. The van der Waals surface area contributed by atoms with E-state index in [1.807, 2.05) is 6.92 Å². The van der Waals surface area contributed by atoms with Gasteiger partial charge in [0.25, 0.3) is 0 Å². The van der Waals surface area contributed by atoms with E-state index in [0.717, 1.165) is 0 Å². The van der Waals surface area contributed by atoms with Crippen LogP contribution < -0.4 is 5.32 Å². The molecule has 7 nitrogen and oxygen atoms in total. The van der Waals surface area contributed by atoms with Gasteiger partial charge in [-0.2, -0.15) is 0 Å². The lowest BCUT2D eigenvalue weighted by atomic mass is 10.1. The minimum atomic E-state index is -0.666. The molecule has 1 unspecified atom stereocenters. The maximum absolute atomic E-state index is 11.3. The summed E-state index contributed by atoms with van der Waals surface area (Å²) in [6, 6.07) is 0. The van der Waals surface area contributed by atoms with Crippen molar-refractivity contribution < 1.29 is 28.6 Å². The molecule has 0 rings (SSSR count). The van der Waals surface area contributed by atoms with Gasteiger partial charge < -0.3 is 19.5 Å². The summed E-state index contributed by atoms with van der Waals surface area (Å²) in [5, 5.41) is 2.39. The van der Waals surface area contributed by atoms with Gasteiger partial charge in [0, 0.05) is 5.57 Å². The first-order chi connectivity index (χ1) is 9.88. The van der Waals surface area contributed by atoms with Gasteiger partial charge in [0.15, 0.2) is 0 Å². The molecular formula is C14H23NO6. The number of hydrogen-bond acceptors (Lipinski definition) is 6. The number of amides is 1. The smallest absolute Gasteiger partial charge is 0.407 e. The maximum atomic E-state index is 11.3. The van der Waals surface area contributed by atoms with E-state index >= 15 is 0 Å². The zero-order valence-corrected chi connectivity index (χ0v) is 12.8. The predicted octanol–water partition coefficient (Wildman–Crippen LogP) is 1.42. The van der Waals surface area contributed by atoms with E-state index in [1.54, 1.807) is 6.92 Å². The quantitative estimate of drug-likeness (QED) is 0.300. The lowest BCUT2D eigenvalue weighted by Gasteiger charge is -2.10. The van der Waals surface area contributed by atoms with E-state index in [2.05, 4.69) is 11.9 Å². The summed E-state index contributed by atoms with van der Waals surface area (Å²) < 4.78 is 14.5. The SMILES string of the molecule is C=C(C)C(=O)OCCNC(=O)OCCOC(=O)C(C)CC. The van der Waals surface area contributed by atoms with E-state index in [9.17, 15) is 14.4 Å². The van der Waals surface area contributed by atoms with Crippen LogP contribution in [0, 0.1) is 5.92 Å². The Kier molecular flexibility index (Phi) is 9.66. The van der Waals surface area contributed by atoms with Crippen LogP contribution in [-0.4, -0.2) is 44.4 Å². The summed E-state index contributed by atoms with van der Waals surface area (Å²) in [4.78, 5) is 33.6. The van der Waals surface area contributed by atoms with Crippen LogP contribution in [0.2, 0.25) is 0 Å². The van der Waals surface area contributed by atoms with Gasteiger partial charge in [-0.1, -0.05) is 20.4 Å². The average Bonchev–Trinajstić information content (AvgIpc) is 2.46. The van der Waals surface area contributed by atoms with Gasteiger partial charge in [0.1, 0.15) is 19.8 Å². The first-order valence-electron chi connectivity index (χ1n) is 6.78. The molecule has 0 aromatic heterocycles. The Bertz CT molecular complexity index is 380. The van der Waals surface area contributed by atoms with Crippen molar-refractivity contribution in [2.75, 3.05) is 26.4 Å². The van der Waals surface area contributed by atoms with Crippen LogP contribution in [0.5, 0.6) is 0 Å². The summed E-state index contributed by atoms with van der Waals surface area (Å²) in [7, 11) is 0. The molecule has 0 aliphatic heterocycles. The van der Waals surface area contributed by atoms with Gasteiger partial charge in [-0.05, 0) is 13.3 Å². The standard InChI is InChI=1S/C14H23NO6/c1-5-11(4)13(17)20-8-9-21-14(18)15-6-7-19-12(16)10(2)3/h11H,2,5-9H2,1,3-4H3,(H,15,18). The predicted molar refractivity (Wildman–Crippen MR) is 75.5 cm³/mol. The van der Waals surface area contributed by atoms with Crippen LogP contribution in [0.25, 0.3) is 0 Å². The fourth-order valence-corrected chi connectivity index (χ4v) is 1.06. The van der Waals surface area contributed by atoms with Crippen LogP contribution in [-0.2, 0) is 23.8 Å². The molecule has 0 saturated heterocycles. The van der Waals surface area contributed by atoms with Gasteiger partial charge in [-0.25, -0.2) is 9.59 Å². The average molecular weight is 301 g/mol. The lowest BCUT2D eigenvalue weighted by Crippen LogP contribution is -2.30. The van der Waals surface area contributed by atoms with Crippen LogP contribution in [0.3, 0.4) is 0 Å². The lowest BCUT2D eigenvalue weighted by molar-refractivity contribution is -0.149. The molecule has 1 atom stereocenters. The Labute approximate surface area is 124 Å². The molecule has 0 radical (unpaired) electrons. The van der Waals surface area contributed by atoms with Crippen LogP contribution in [0.15, 0.2) is 12.2 Å². The van der Waals surface area contributed by atoms with Crippen molar-refractivity contribution in [3.05, 3.63) is 12.2 Å². The summed E-state index contributed by atoms with van der Waals surface area (Å²) in [6.07, 6.45) is 0.0317. The number of esters is 2. The molecule has 120 valence electrons. The number of alkyl carbamates (subject to hydrolysis) is 1. The third-order valence-electron chi connectivity index (χ3n) is 2.53. The normalized spacial score (nSPS) is 11.2. The molecule has 0 heterocycles. The van der Waals surface area contributed by atoms with Gasteiger partial charge >= 0.3 is 18.0 Å². The molecule has 0 aromatic carbocycles. The Morgan fingerprint density at radius 1 is 1.10 bits per heavy atom. The zero-order valence-electron chi connectivity index (χ0n) is 12.8. The number of ether oxygens (including phenoxy) is 3. The van der Waals surface area contributed by atoms with E-state index in [0.29, 0.717) is 12.0 Å². The van der Waals surface area contributed by atoms with Crippen molar-refractivity contribution in [3.63, 3.8) is 0 Å². The molecule has 7 heteroatoms. The molecule has 1 N–H and O–H groups in total. The maximum Gasteiger partial charge on any atom is 0.407 e. The number of carbonyl (C=O) groups excluding carboxylic acids is 3. The highest BCUT2D eigenvalue weighted by molar-refractivity contribution is 5.86. The monoisotopic (exact) mass is 301 g/mol. The summed E-state index contributed by atoms with van der Waals surface area (Å²) in [5.41, 5.74) is 0.292. The largest absolute Gasteiger partial charge is 0.462 e. The third-order valence-corrected chi connectivity index (χ3v) is 2.53. The van der Waals surface area contributed by atoms with Crippen molar-refractivity contribution in [1.82, 2.24) is 5.32 Å². The van der Waals surface area contributed by atoms with E-state index in [4.69, 9.17) is 14.2 Å². The second-order valence-electron chi connectivity index (χ2n) is 4.46. The molecule has 0 fully saturated rings. The Morgan fingerprint density at radius 2 is 1.71 bits per heavy atom.